The Morgan fingerprint density at radius 2 is 2.07 bits per heavy atom. The molecule has 0 saturated heterocycles. The summed E-state index contributed by atoms with van der Waals surface area (Å²) >= 11 is 11.6. The summed E-state index contributed by atoms with van der Waals surface area (Å²) in [5.74, 6) is 0.906. The molecule has 27 heavy (non-hydrogen) atoms. The Morgan fingerprint density at radius 3 is 2.85 bits per heavy atom. The van der Waals surface area contributed by atoms with Crippen LogP contribution in [0.5, 0.6) is 5.75 Å². The van der Waals surface area contributed by atoms with Gasteiger partial charge in [-0.2, -0.15) is 5.10 Å². The Bertz CT molecular complexity index is 1060. The maximum Gasteiger partial charge on any atom is 0.213 e. The van der Waals surface area contributed by atoms with Crippen molar-refractivity contribution in [2.24, 2.45) is 5.10 Å². The van der Waals surface area contributed by atoms with Crippen molar-refractivity contribution in [3.8, 4) is 5.75 Å². The Hall–Kier alpha value is -1.82. The highest BCUT2D eigenvalue weighted by molar-refractivity contribution is 9.10. The average molecular weight is 460 g/mol. The zero-order valence-corrected chi connectivity index (χ0v) is 17.7. The molecule has 2 aliphatic rings. The lowest BCUT2D eigenvalue weighted by molar-refractivity contribution is -0.0190. The van der Waals surface area contributed by atoms with Gasteiger partial charge in [-0.3, -0.25) is 0 Å². The normalized spacial score (nSPS) is 20.7. The van der Waals surface area contributed by atoms with Crippen LogP contribution in [0.2, 0.25) is 5.02 Å². The second-order valence-electron chi connectivity index (χ2n) is 6.76. The van der Waals surface area contributed by atoms with Crippen LogP contribution in [0.4, 0.5) is 0 Å². The highest BCUT2D eigenvalue weighted by Crippen LogP contribution is 2.48. The molecule has 0 radical (unpaired) electrons. The quantitative estimate of drug-likeness (QED) is 0.425. The molecule has 3 heterocycles. The van der Waals surface area contributed by atoms with E-state index in [-0.39, 0.29) is 12.3 Å². The number of ether oxygens (including phenoxy) is 1. The van der Waals surface area contributed by atoms with Gasteiger partial charge in [0.1, 0.15) is 5.75 Å². The fraction of sp³-hybridized carbons (Fsp3) is 0.190. The zero-order valence-electron chi connectivity index (χ0n) is 14.5. The first-order valence-electron chi connectivity index (χ1n) is 8.73. The van der Waals surface area contributed by atoms with Gasteiger partial charge >= 0.3 is 0 Å². The van der Waals surface area contributed by atoms with Gasteiger partial charge < -0.3 is 4.74 Å². The number of benzene rings is 2. The number of aryl methyl sites for hydroxylation is 1. The molecule has 0 unspecified atom stereocenters. The van der Waals surface area contributed by atoms with Gasteiger partial charge in [0, 0.05) is 31.9 Å². The Morgan fingerprint density at radius 1 is 1.19 bits per heavy atom. The highest BCUT2D eigenvalue weighted by atomic mass is 79.9. The molecule has 136 valence electrons. The summed E-state index contributed by atoms with van der Waals surface area (Å²) in [5, 5.41) is 7.78. The molecule has 0 N–H and O–H groups in total. The van der Waals surface area contributed by atoms with Gasteiger partial charge in [-0.15, -0.1) is 11.3 Å². The number of hydrazone groups is 1. The van der Waals surface area contributed by atoms with E-state index in [2.05, 4.69) is 46.1 Å². The minimum absolute atomic E-state index is 0.146. The summed E-state index contributed by atoms with van der Waals surface area (Å²) in [4.78, 5) is 2.52. The van der Waals surface area contributed by atoms with Crippen LogP contribution >= 0.6 is 38.9 Å². The van der Waals surface area contributed by atoms with Crippen molar-refractivity contribution < 1.29 is 4.74 Å². The van der Waals surface area contributed by atoms with Crippen LogP contribution in [0.15, 0.2) is 64.2 Å². The monoisotopic (exact) mass is 458 g/mol. The van der Waals surface area contributed by atoms with E-state index in [1.54, 1.807) is 11.3 Å². The molecular weight excluding hydrogens is 444 g/mol. The largest absolute Gasteiger partial charge is 0.464 e. The third-order valence-electron chi connectivity index (χ3n) is 4.91. The van der Waals surface area contributed by atoms with Gasteiger partial charge in [-0.05, 0) is 49.4 Å². The molecule has 2 aromatic carbocycles. The number of rotatable bonds is 2. The molecule has 0 fully saturated rings. The molecule has 0 amide bonds. The van der Waals surface area contributed by atoms with Crippen LogP contribution in [-0.2, 0) is 0 Å². The minimum atomic E-state index is -0.291. The minimum Gasteiger partial charge on any atom is -0.464 e. The number of thiophene rings is 1. The molecule has 1 aromatic heterocycles. The van der Waals surface area contributed by atoms with Crippen LogP contribution in [0.25, 0.3) is 0 Å². The molecule has 0 spiro atoms. The maximum absolute atomic E-state index is 6.37. The molecule has 2 aliphatic heterocycles. The third-order valence-corrected chi connectivity index (χ3v) is 6.69. The second kappa shape index (κ2) is 6.66. The van der Waals surface area contributed by atoms with Gasteiger partial charge in [-0.1, -0.05) is 39.7 Å². The summed E-state index contributed by atoms with van der Waals surface area (Å²) in [6.45, 7) is 2.13. The summed E-state index contributed by atoms with van der Waals surface area (Å²) in [6.07, 6.45) is 0.574. The molecular formula is C21H16BrClN2OS. The van der Waals surface area contributed by atoms with Crippen molar-refractivity contribution in [1.29, 1.82) is 0 Å². The van der Waals surface area contributed by atoms with E-state index in [1.807, 2.05) is 36.4 Å². The summed E-state index contributed by atoms with van der Waals surface area (Å²) in [7, 11) is 0. The van der Waals surface area contributed by atoms with E-state index in [4.69, 9.17) is 21.4 Å². The molecule has 2 atom stereocenters. The van der Waals surface area contributed by atoms with Gasteiger partial charge in [0.2, 0.25) is 6.23 Å². The fourth-order valence-corrected chi connectivity index (χ4v) is 5.12. The molecule has 0 saturated carbocycles. The van der Waals surface area contributed by atoms with E-state index in [1.165, 1.54) is 9.75 Å². The van der Waals surface area contributed by atoms with Crippen LogP contribution in [0, 0.1) is 6.92 Å². The lowest BCUT2D eigenvalue weighted by Crippen LogP contribution is -2.33. The number of nitrogens with zero attached hydrogens (tertiary/aromatic N) is 2. The lowest BCUT2D eigenvalue weighted by atomic mass is 9.98. The topological polar surface area (TPSA) is 24.8 Å². The van der Waals surface area contributed by atoms with Crippen molar-refractivity contribution >= 4 is 44.6 Å². The number of hydrogen-bond acceptors (Lipinski definition) is 4. The van der Waals surface area contributed by atoms with Crippen molar-refractivity contribution in [2.75, 3.05) is 0 Å². The number of fused-ring (bicyclic) bond motifs is 3. The van der Waals surface area contributed by atoms with Crippen LogP contribution < -0.4 is 4.74 Å². The molecule has 6 heteroatoms. The third kappa shape index (κ3) is 3.08. The predicted octanol–water partition coefficient (Wildman–Crippen LogP) is 6.71. The summed E-state index contributed by atoms with van der Waals surface area (Å²) in [6, 6.07) is 18.5. The lowest BCUT2D eigenvalue weighted by Gasteiger charge is -2.38. The van der Waals surface area contributed by atoms with Crippen molar-refractivity contribution in [1.82, 2.24) is 5.01 Å². The zero-order chi connectivity index (χ0) is 18.5. The van der Waals surface area contributed by atoms with Crippen molar-refractivity contribution in [3.63, 3.8) is 0 Å². The van der Waals surface area contributed by atoms with Gasteiger partial charge in [0.25, 0.3) is 0 Å². The second-order valence-corrected chi connectivity index (χ2v) is 9.40. The highest BCUT2D eigenvalue weighted by Gasteiger charge is 2.41. The Labute approximate surface area is 175 Å². The van der Waals surface area contributed by atoms with Crippen LogP contribution in [-0.4, -0.2) is 10.7 Å². The molecule has 5 rings (SSSR count). The van der Waals surface area contributed by atoms with Gasteiger partial charge in [0.05, 0.1) is 16.6 Å². The smallest absolute Gasteiger partial charge is 0.213 e. The Balaban J connectivity index is 1.62. The predicted molar refractivity (Wildman–Crippen MR) is 114 cm³/mol. The van der Waals surface area contributed by atoms with Crippen molar-refractivity contribution in [2.45, 2.75) is 25.6 Å². The van der Waals surface area contributed by atoms with Gasteiger partial charge in [0.15, 0.2) is 0 Å². The Kier molecular flexibility index (Phi) is 4.26. The van der Waals surface area contributed by atoms with E-state index in [0.717, 1.165) is 33.5 Å². The van der Waals surface area contributed by atoms with Crippen LogP contribution in [0.3, 0.4) is 0 Å². The SMILES string of the molecule is Cc1ccc(C2=NN3[C@H](C2)c2cc(Br)ccc2O[C@H]3c2cccc(Cl)c2)s1. The molecule has 3 nitrogen and oxygen atoms in total. The standard InChI is InChI=1S/C21H16BrClN2OS/c1-12-5-8-20(27-12)17-11-18-16-10-14(22)6-7-19(16)26-21(25(18)24-17)13-3-2-4-15(23)9-13/h2-10,18,21H,11H2,1H3/t18-,21+/m1/s1. The van der Waals surface area contributed by atoms with E-state index in [9.17, 15) is 0 Å². The first kappa shape index (κ1) is 17.3. The summed E-state index contributed by atoms with van der Waals surface area (Å²) in [5.41, 5.74) is 3.28. The van der Waals surface area contributed by atoms with E-state index >= 15 is 0 Å². The maximum atomic E-state index is 6.37. The van der Waals surface area contributed by atoms with Gasteiger partial charge in [-0.25, -0.2) is 5.01 Å². The first-order valence-corrected chi connectivity index (χ1v) is 10.7. The molecule has 0 aliphatic carbocycles. The number of hydrogen-bond donors (Lipinski definition) is 0. The summed E-state index contributed by atoms with van der Waals surface area (Å²) < 4.78 is 7.42. The van der Waals surface area contributed by atoms with Crippen LogP contribution in [0.1, 0.15) is 39.6 Å². The average Bonchev–Trinajstić information content (AvgIpc) is 3.27. The van der Waals surface area contributed by atoms with E-state index in [0.29, 0.717) is 5.02 Å². The molecule has 3 aromatic rings. The first-order chi connectivity index (χ1) is 13.1. The number of halogens is 2. The van der Waals surface area contributed by atoms with Crippen molar-refractivity contribution in [3.05, 3.63) is 85.0 Å². The molecule has 0 bridgehead atoms. The van der Waals surface area contributed by atoms with E-state index < -0.39 is 0 Å². The fourth-order valence-electron chi connectivity index (χ4n) is 3.68.